The molecule has 0 aromatic rings. The van der Waals surface area contributed by atoms with E-state index in [2.05, 4.69) is 22.6 Å². The molecule has 0 N–H and O–H groups in total. The van der Waals surface area contributed by atoms with Crippen LogP contribution in [0.4, 0.5) is 8.78 Å². The average molecular weight is 275 g/mol. The highest BCUT2D eigenvalue weighted by Crippen LogP contribution is 2.26. The van der Waals surface area contributed by atoms with Gasteiger partial charge in [0.25, 0.3) is 5.92 Å². The van der Waals surface area contributed by atoms with Gasteiger partial charge in [-0.25, -0.2) is 8.78 Å². The third-order valence-corrected chi connectivity index (χ3v) is 2.04. The Bertz CT molecular complexity index is 166. The van der Waals surface area contributed by atoms with Crippen molar-refractivity contribution in [1.82, 2.24) is 4.90 Å². The second kappa shape index (κ2) is 3.20. The molecule has 0 aromatic carbocycles. The Labute approximate surface area is 77.1 Å². The van der Waals surface area contributed by atoms with Crippen LogP contribution in [0.25, 0.3) is 0 Å². The van der Waals surface area contributed by atoms with Crippen LogP contribution in [-0.2, 0) is 4.79 Å². The van der Waals surface area contributed by atoms with Crippen LogP contribution in [0, 0.1) is 0 Å². The second-order valence-corrected chi connectivity index (χ2v) is 3.62. The first kappa shape index (κ1) is 9.15. The van der Waals surface area contributed by atoms with Crippen molar-refractivity contribution in [2.45, 2.75) is 12.3 Å². The molecular formula is C6H8F2INO. The van der Waals surface area contributed by atoms with E-state index in [1.54, 1.807) is 0 Å². The number of hydrogen-bond acceptors (Lipinski definition) is 1. The lowest BCUT2D eigenvalue weighted by atomic mass is 10.1. The molecule has 1 rings (SSSR count). The van der Waals surface area contributed by atoms with Gasteiger partial charge in [0.05, 0.1) is 13.1 Å². The first-order valence-electron chi connectivity index (χ1n) is 3.27. The lowest BCUT2D eigenvalue weighted by Crippen LogP contribution is -2.58. The van der Waals surface area contributed by atoms with E-state index in [4.69, 9.17) is 0 Å². The van der Waals surface area contributed by atoms with Crippen LogP contribution in [0.1, 0.15) is 6.42 Å². The summed E-state index contributed by atoms with van der Waals surface area (Å²) in [7, 11) is 0. The lowest BCUT2D eigenvalue weighted by molar-refractivity contribution is -0.165. The van der Waals surface area contributed by atoms with Gasteiger partial charge in [-0.3, -0.25) is 4.79 Å². The van der Waals surface area contributed by atoms with E-state index in [-0.39, 0.29) is 19.0 Å². The van der Waals surface area contributed by atoms with Crippen molar-refractivity contribution in [1.29, 1.82) is 0 Å². The van der Waals surface area contributed by atoms with Gasteiger partial charge in [0.1, 0.15) is 0 Å². The number of likely N-dealkylation sites (tertiary alicyclic amines) is 1. The summed E-state index contributed by atoms with van der Waals surface area (Å²) < 4.78 is 25.1. The Balaban J connectivity index is 2.27. The number of amides is 1. The Morgan fingerprint density at radius 1 is 1.55 bits per heavy atom. The molecule has 5 heteroatoms. The van der Waals surface area contributed by atoms with Crippen molar-refractivity contribution in [2.75, 3.05) is 17.5 Å². The minimum atomic E-state index is -2.62. The Hall–Kier alpha value is 0.0600. The number of rotatable bonds is 2. The summed E-state index contributed by atoms with van der Waals surface area (Å²) in [6, 6.07) is 0. The molecule has 0 spiro atoms. The summed E-state index contributed by atoms with van der Waals surface area (Å²) >= 11 is 2.05. The predicted molar refractivity (Wildman–Crippen MR) is 45.0 cm³/mol. The van der Waals surface area contributed by atoms with Gasteiger partial charge in [-0.05, 0) is 0 Å². The third-order valence-electron chi connectivity index (χ3n) is 1.51. The fraction of sp³-hybridized carbons (Fsp3) is 0.833. The second-order valence-electron chi connectivity index (χ2n) is 2.54. The van der Waals surface area contributed by atoms with Gasteiger partial charge in [0.15, 0.2) is 0 Å². The molecule has 64 valence electrons. The Morgan fingerprint density at radius 2 is 2.09 bits per heavy atom. The highest BCUT2D eigenvalue weighted by molar-refractivity contribution is 14.1. The van der Waals surface area contributed by atoms with Gasteiger partial charge in [0, 0.05) is 10.8 Å². The van der Waals surface area contributed by atoms with Crippen LogP contribution in [0.3, 0.4) is 0 Å². The minimum Gasteiger partial charge on any atom is -0.330 e. The molecule has 0 aromatic heterocycles. The van der Waals surface area contributed by atoms with Crippen molar-refractivity contribution in [3.05, 3.63) is 0 Å². The van der Waals surface area contributed by atoms with Gasteiger partial charge < -0.3 is 4.90 Å². The third kappa shape index (κ3) is 2.25. The quantitative estimate of drug-likeness (QED) is 0.549. The smallest absolute Gasteiger partial charge is 0.282 e. The van der Waals surface area contributed by atoms with E-state index in [0.717, 1.165) is 0 Å². The molecule has 11 heavy (non-hydrogen) atoms. The molecule has 1 heterocycles. The zero-order valence-electron chi connectivity index (χ0n) is 5.82. The molecule has 0 unspecified atom stereocenters. The molecule has 0 atom stereocenters. The molecule has 1 amide bonds. The fourth-order valence-corrected chi connectivity index (χ4v) is 1.39. The normalized spacial score (nSPS) is 21.2. The highest BCUT2D eigenvalue weighted by atomic mass is 127. The SMILES string of the molecule is O=C(CCI)N1CC(F)(F)C1. The minimum absolute atomic E-state index is 0.162. The molecule has 0 radical (unpaired) electrons. The number of alkyl halides is 3. The maximum Gasteiger partial charge on any atom is 0.282 e. The number of carbonyl (C=O) groups is 1. The molecule has 1 fully saturated rings. The van der Waals surface area contributed by atoms with Crippen LogP contribution in [0.2, 0.25) is 0 Å². The van der Waals surface area contributed by atoms with Crippen molar-refractivity contribution in [3.8, 4) is 0 Å². The molecule has 0 bridgehead atoms. The monoisotopic (exact) mass is 275 g/mol. The summed E-state index contributed by atoms with van der Waals surface area (Å²) in [4.78, 5) is 12.1. The topological polar surface area (TPSA) is 20.3 Å². The number of nitrogens with zero attached hydrogens (tertiary/aromatic N) is 1. The van der Waals surface area contributed by atoms with Crippen molar-refractivity contribution < 1.29 is 13.6 Å². The fourth-order valence-electron chi connectivity index (χ4n) is 0.927. The first-order valence-corrected chi connectivity index (χ1v) is 4.79. The van der Waals surface area contributed by atoms with Crippen molar-refractivity contribution in [2.24, 2.45) is 0 Å². The number of hydrogen-bond donors (Lipinski definition) is 0. The van der Waals surface area contributed by atoms with Gasteiger partial charge in [0.2, 0.25) is 5.91 Å². The summed E-state index contributed by atoms with van der Waals surface area (Å²) in [6.07, 6.45) is 0.372. The molecule has 1 aliphatic rings. The van der Waals surface area contributed by atoms with E-state index in [9.17, 15) is 13.6 Å². The van der Waals surface area contributed by atoms with Gasteiger partial charge >= 0.3 is 0 Å². The van der Waals surface area contributed by atoms with Crippen LogP contribution in [0.5, 0.6) is 0 Å². The van der Waals surface area contributed by atoms with Crippen LogP contribution >= 0.6 is 22.6 Å². The van der Waals surface area contributed by atoms with Crippen LogP contribution in [-0.4, -0.2) is 34.2 Å². The molecule has 1 saturated heterocycles. The van der Waals surface area contributed by atoms with E-state index in [0.29, 0.717) is 10.8 Å². The van der Waals surface area contributed by atoms with E-state index in [1.165, 1.54) is 4.90 Å². The summed E-state index contributed by atoms with van der Waals surface area (Å²) in [5.41, 5.74) is 0. The zero-order chi connectivity index (χ0) is 8.48. The first-order chi connectivity index (χ1) is 5.05. The van der Waals surface area contributed by atoms with Gasteiger partial charge in [-0.15, -0.1) is 0 Å². The van der Waals surface area contributed by atoms with Crippen LogP contribution < -0.4 is 0 Å². The lowest BCUT2D eigenvalue weighted by Gasteiger charge is -2.38. The van der Waals surface area contributed by atoms with E-state index < -0.39 is 5.92 Å². The highest BCUT2D eigenvalue weighted by Gasteiger charge is 2.45. The number of halogens is 3. The maximum atomic E-state index is 12.2. The molecule has 0 aliphatic carbocycles. The van der Waals surface area contributed by atoms with Crippen molar-refractivity contribution in [3.63, 3.8) is 0 Å². The molecule has 0 saturated carbocycles. The maximum absolute atomic E-state index is 12.2. The van der Waals surface area contributed by atoms with Crippen LogP contribution in [0.15, 0.2) is 0 Å². The predicted octanol–water partition coefficient (Wildman–Crippen LogP) is 1.29. The molecular weight excluding hydrogens is 267 g/mol. The molecule has 2 nitrogen and oxygen atoms in total. The summed E-state index contributed by atoms with van der Waals surface area (Å²) in [5, 5.41) is 0. The average Bonchev–Trinajstić information content (AvgIpc) is 1.83. The standard InChI is InChI=1S/C6H8F2INO/c7-6(8)3-10(4-6)5(11)1-2-9/h1-4H2. The zero-order valence-corrected chi connectivity index (χ0v) is 7.98. The van der Waals surface area contributed by atoms with E-state index in [1.807, 2.05) is 0 Å². The van der Waals surface area contributed by atoms with Crippen molar-refractivity contribution >= 4 is 28.5 Å². The summed E-state index contributed by atoms with van der Waals surface area (Å²) in [6.45, 7) is -0.773. The van der Waals surface area contributed by atoms with Gasteiger partial charge in [-0.2, -0.15) is 0 Å². The van der Waals surface area contributed by atoms with Gasteiger partial charge in [-0.1, -0.05) is 22.6 Å². The summed E-state index contributed by atoms with van der Waals surface area (Å²) in [5.74, 6) is -2.79. The number of carbonyl (C=O) groups excluding carboxylic acids is 1. The van der Waals surface area contributed by atoms with E-state index >= 15 is 0 Å². The Morgan fingerprint density at radius 3 is 2.45 bits per heavy atom. The Kier molecular flexibility index (Phi) is 2.66. The largest absolute Gasteiger partial charge is 0.330 e. The molecule has 1 aliphatic heterocycles.